The number of thiazole rings is 1. The Morgan fingerprint density at radius 1 is 1.38 bits per heavy atom. The van der Waals surface area contributed by atoms with Crippen molar-refractivity contribution in [2.24, 2.45) is 0 Å². The maximum absolute atomic E-state index is 12.3. The van der Waals surface area contributed by atoms with Gasteiger partial charge in [0.1, 0.15) is 0 Å². The van der Waals surface area contributed by atoms with Crippen molar-refractivity contribution >= 4 is 28.8 Å². The maximum atomic E-state index is 12.3. The molecule has 24 heavy (non-hydrogen) atoms. The van der Waals surface area contributed by atoms with Crippen LogP contribution in [0.25, 0.3) is 0 Å². The van der Waals surface area contributed by atoms with E-state index in [2.05, 4.69) is 23.8 Å². The molecule has 0 aliphatic rings. The van der Waals surface area contributed by atoms with Crippen molar-refractivity contribution in [2.45, 2.75) is 26.3 Å². The van der Waals surface area contributed by atoms with Gasteiger partial charge in [-0.2, -0.15) is 0 Å². The summed E-state index contributed by atoms with van der Waals surface area (Å²) in [5, 5.41) is 5.98. The molecule has 1 unspecified atom stereocenters. The van der Waals surface area contributed by atoms with Gasteiger partial charge < -0.3 is 10.2 Å². The second kappa shape index (κ2) is 7.88. The van der Waals surface area contributed by atoms with Crippen LogP contribution in [0.5, 0.6) is 0 Å². The molecule has 2 aromatic rings. The third kappa shape index (κ3) is 4.08. The van der Waals surface area contributed by atoms with E-state index in [-0.39, 0.29) is 17.9 Å². The number of aryl methyl sites for hydroxylation is 1. The molecule has 0 aliphatic carbocycles. The summed E-state index contributed by atoms with van der Waals surface area (Å²) in [7, 11) is 1.66. The average molecular weight is 343 g/mol. The number of hydrogen-bond acceptors (Lipinski definition) is 4. The van der Waals surface area contributed by atoms with E-state index in [0.29, 0.717) is 11.3 Å². The minimum absolute atomic E-state index is 0.154. The molecule has 0 saturated heterocycles. The summed E-state index contributed by atoms with van der Waals surface area (Å²) in [4.78, 5) is 29.9. The quantitative estimate of drug-likeness (QED) is 0.818. The number of nitrogens with one attached hydrogen (secondary N) is 1. The molecule has 1 N–H and O–H groups in total. The van der Waals surface area contributed by atoms with Crippen LogP contribution in [0.1, 0.15) is 40.9 Å². The van der Waals surface area contributed by atoms with Crippen LogP contribution in [-0.2, 0) is 11.2 Å². The number of carbonyl (C=O) groups excluding carboxylic acids is 2. The Labute approximate surface area is 146 Å². The van der Waals surface area contributed by atoms with Crippen molar-refractivity contribution in [3.8, 4) is 0 Å². The Morgan fingerprint density at radius 2 is 2.04 bits per heavy atom. The van der Waals surface area contributed by atoms with Gasteiger partial charge in [-0.05, 0) is 43.7 Å². The van der Waals surface area contributed by atoms with Crippen molar-refractivity contribution in [3.63, 3.8) is 0 Å². The van der Waals surface area contributed by atoms with Crippen molar-refractivity contribution in [1.29, 1.82) is 0 Å². The standard InChI is InChI=1S/C18H21N3O2S/c1-5-16-20-15(11-24-16)12(3)19-18(23)13-7-9-14(10-8-13)21(4)17(22)6-2/h6-12H,2,5H2,1,3-4H3,(H,19,23). The summed E-state index contributed by atoms with van der Waals surface area (Å²) in [6.07, 6.45) is 2.14. The summed E-state index contributed by atoms with van der Waals surface area (Å²) < 4.78 is 0. The number of rotatable bonds is 6. The second-order valence-electron chi connectivity index (χ2n) is 5.36. The molecule has 2 amide bonds. The van der Waals surface area contributed by atoms with Crippen LogP contribution in [0.3, 0.4) is 0 Å². The first kappa shape index (κ1) is 17.9. The molecule has 2 rings (SSSR count). The predicted molar refractivity (Wildman–Crippen MR) is 97.4 cm³/mol. The van der Waals surface area contributed by atoms with Gasteiger partial charge in [0.15, 0.2) is 0 Å². The Hall–Kier alpha value is -2.47. The fourth-order valence-corrected chi connectivity index (χ4v) is 2.98. The fraction of sp³-hybridized carbons (Fsp3) is 0.278. The second-order valence-corrected chi connectivity index (χ2v) is 6.31. The Bertz CT molecular complexity index is 737. The monoisotopic (exact) mass is 343 g/mol. The largest absolute Gasteiger partial charge is 0.344 e. The molecule has 0 spiro atoms. The minimum Gasteiger partial charge on any atom is -0.344 e. The molecular weight excluding hydrogens is 322 g/mol. The topological polar surface area (TPSA) is 62.3 Å². The highest BCUT2D eigenvalue weighted by atomic mass is 32.1. The molecule has 1 heterocycles. The van der Waals surface area contributed by atoms with Gasteiger partial charge >= 0.3 is 0 Å². The number of benzene rings is 1. The van der Waals surface area contributed by atoms with Crippen LogP contribution in [0, 0.1) is 0 Å². The first-order valence-corrected chi connectivity index (χ1v) is 8.59. The fourth-order valence-electron chi connectivity index (χ4n) is 2.14. The van der Waals surface area contributed by atoms with E-state index in [1.165, 1.54) is 11.0 Å². The van der Waals surface area contributed by atoms with Crippen LogP contribution >= 0.6 is 11.3 Å². The third-order valence-electron chi connectivity index (χ3n) is 3.69. The van der Waals surface area contributed by atoms with Crippen LogP contribution in [0.2, 0.25) is 0 Å². The molecule has 0 saturated carbocycles. The molecule has 1 aromatic carbocycles. The van der Waals surface area contributed by atoms with Gasteiger partial charge in [-0.25, -0.2) is 4.98 Å². The average Bonchev–Trinajstić information content (AvgIpc) is 3.09. The van der Waals surface area contributed by atoms with E-state index in [4.69, 9.17) is 0 Å². The summed E-state index contributed by atoms with van der Waals surface area (Å²) in [6, 6.07) is 6.71. The number of hydrogen-bond donors (Lipinski definition) is 1. The number of likely N-dealkylation sites (N-methyl/N-ethyl adjacent to an activating group) is 1. The third-order valence-corrected chi connectivity index (χ3v) is 4.70. The first-order chi connectivity index (χ1) is 11.5. The number of carbonyl (C=O) groups is 2. The van der Waals surface area contributed by atoms with Crippen LogP contribution < -0.4 is 10.2 Å². The number of amides is 2. The highest BCUT2D eigenvalue weighted by molar-refractivity contribution is 7.09. The number of anilines is 1. The van der Waals surface area contributed by atoms with E-state index >= 15 is 0 Å². The first-order valence-electron chi connectivity index (χ1n) is 7.71. The molecule has 0 fully saturated rings. The van der Waals surface area contributed by atoms with Gasteiger partial charge in [-0.15, -0.1) is 11.3 Å². The normalized spacial score (nSPS) is 11.6. The number of nitrogens with zero attached hydrogens (tertiary/aromatic N) is 2. The van der Waals surface area contributed by atoms with Crippen molar-refractivity contribution in [2.75, 3.05) is 11.9 Å². The molecule has 0 bridgehead atoms. The van der Waals surface area contributed by atoms with Gasteiger partial charge in [0.05, 0.1) is 16.7 Å². The molecular formula is C18H21N3O2S. The van der Waals surface area contributed by atoms with Gasteiger partial charge in [0, 0.05) is 23.7 Å². The Morgan fingerprint density at radius 3 is 2.58 bits per heavy atom. The van der Waals surface area contributed by atoms with E-state index in [1.807, 2.05) is 12.3 Å². The summed E-state index contributed by atoms with van der Waals surface area (Å²) >= 11 is 1.60. The van der Waals surface area contributed by atoms with E-state index in [0.717, 1.165) is 17.1 Å². The van der Waals surface area contributed by atoms with Crippen LogP contribution in [0.15, 0.2) is 42.3 Å². The molecule has 6 heteroatoms. The zero-order chi connectivity index (χ0) is 17.7. The zero-order valence-electron chi connectivity index (χ0n) is 14.1. The van der Waals surface area contributed by atoms with Crippen molar-refractivity contribution in [3.05, 3.63) is 58.6 Å². The van der Waals surface area contributed by atoms with E-state index < -0.39 is 0 Å². The SMILES string of the molecule is C=CC(=O)N(C)c1ccc(C(=O)NC(C)c2csc(CC)n2)cc1. The van der Waals surface area contributed by atoms with E-state index in [9.17, 15) is 9.59 Å². The number of aromatic nitrogens is 1. The van der Waals surface area contributed by atoms with Gasteiger partial charge in [0.25, 0.3) is 5.91 Å². The van der Waals surface area contributed by atoms with Gasteiger partial charge in [-0.3, -0.25) is 9.59 Å². The molecule has 1 aromatic heterocycles. The molecule has 5 nitrogen and oxygen atoms in total. The molecule has 1 atom stereocenters. The highest BCUT2D eigenvalue weighted by Gasteiger charge is 2.15. The molecule has 0 radical (unpaired) electrons. The lowest BCUT2D eigenvalue weighted by molar-refractivity contribution is -0.113. The summed E-state index contributed by atoms with van der Waals surface area (Å²) in [5.41, 5.74) is 2.12. The van der Waals surface area contributed by atoms with Crippen LogP contribution in [-0.4, -0.2) is 23.8 Å². The lowest BCUT2D eigenvalue weighted by Gasteiger charge is -2.16. The summed E-state index contributed by atoms with van der Waals surface area (Å²) in [6.45, 7) is 7.43. The van der Waals surface area contributed by atoms with Gasteiger partial charge in [-0.1, -0.05) is 13.5 Å². The predicted octanol–water partition coefficient (Wildman–Crippen LogP) is 3.35. The van der Waals surface area contributed by atoms with Crippen LogP contribution in [0.4, 0.5) is 5.69 Å². The molecule has 126 valence electrons. The van der Waals surface area contributed by atoms with Crippen molar-refractivity contribution in [1.82, 2.24) is 10.3 Å². The lowest BCUT2D eigenvalue weighted by atomic mass is 10.1. The van der Waals surface area contributed by atoms with Crippen molar-refractivity contribution < 1.29 is 9.59 Å². The Balaban J connectivity index is 2.04. The minimum atomic E-state index is -0.198. The Kier molecular flexibility index (Phi) is 5.87. The van der Waals surface area contributed by atoms with E-state index in [1.54, 1.807) is 42.6 Å². The zero-order valence-corrected chi connectivity index (χ0v) is 14.9. The highest BCUT2D eigenvalue weighted by Crippen LogP contribution is 2.18. The maximum Gasteiger partial charge on any atom is 0.251 e. The smallest absolute Gasteiger partial charge is 0.251 e. The lowest BCUT2D eigenvalue weighted by Crippen LogP contribution is -2.27. The summed E-state index contributed by atoms with van der Waals surface area (Å²) in [5.74, 6) is -0.367. The molecule has 0 aliphatic heterocycles. The van der Waals surface area contributed by atoms with Gasteiger partial charge in [0.2, 0.25) is 5.91 Å².